The summed E-state index contributed by atoms with van der Waals surface area (Å²) in [5.74, 6) is 0.916. The maximum atomic E-state index is 10.3. The van der Waals surface area contributed by atoms with Crippen LogP contribution in [0, 0.1) is 0 Å². The highest BCUT2D eigenvalue weighted by Crippen LogP contribution is 2.37. The lowest BCUT2D eigenvalue weighted by Crippen LogP contribution is -2.01. The number of hydrogen-bond acceptors (Lipinski definition) is 1. The van der Waals surface area contributed by atoms with Gasteiger partial charge >= 0.3 is 0 Å². The van der Waals surface area contributed by atoms with Gasteiger partial charge in [-0.2, -0.15) is 0 Å². The van der Waals surface area contributed by atoms with Crippen LogP contribution in [-0.4, -0.2) is 5.11 Å². The van der Waals surface area contributed by atoms with Crippen LogP contribution in [0.3, 0.4) is 0 Å². The molecular formula is C21H28O. The Morgan fingerprint density at radius 3 is 1.91 bits per heavy atom. The van der Waals surface area contributed by atoms with E-state index in [1.807, 2.05) is 18.2 Å². The summed E-state index contributed by atoms with van der Waals surface area (Å²) in [5.41, 5.74) is 6.39. The molecule has 0 aromatic heterocycles. The molecule has 0 heterocycles. The van der Waals surface area contributed by atoms with Gasteiger partial charge in [0.05, 0.1) is 0 Å². The predicted octanol–water partition coefficient (Wildman–Crippen LogP) is 6.09. The Labute approximate surface area is 135 Å². The molecular weight excluding hydrogens is 268 g/mol. The van der Waals surface area contributed by atoms with Crippen LogP contribution in [0.25, 0.3) is 11.1 Å². The minimum Gasteiger partial charge on any atom is -0.507 e. The molecule has 118 valence electrons. The van der Waals surface area contributed by atoms with Gasteiger partial charge in [0.25, 0.3) is 0 Å². The summed E-state index contributed by atoms with van der Waals surface area (Å²) in [6, 6.07) is 12.4. The molecule has 0 saturated heterocycles. The number of hydrogen-bond donors (Lipinski definition) is 1. The largest absolute Gasteiger partial charge is 0.507 e. The zero-order chi connectivity index (χ0) is 16.1. The lowest BCUT2D eigenvalue weighted by molar-refractivity contribution is 0.477. The molecule has 1 N–H and O–H groups in total. The smallest absolute Gasteiger partial charge is 0.123 e. The van der Waals surface area contributed by atoms with Gasteiger partial charge in [0, 0.05) is 5.56 Å². The van der Waals surface area contributed by atoms with E-state index in [-0.39, 0.29) is 0 Å². The van der Waals surface area contributed by atoms with E-state index in [9.17, 15) is 5.11 Å². The van der Waals surface area contributed by atoms with Crippen LogP contribution in [0.5, 0.6) is 5.75 Å². The molecule has 2 aromatic rings. The highest BCUT2D eigenvalue weighted by atomic mass is 16.3. The Balaban J connectivity index is 2.70. The lowest BCUT2D eigenvalue weighted by Gasteiger charge is -2.19. The Kier molecular flexibility index (Phi) is 5.65. The third kappa shape index (κ3) is 3.52. The molecule has 0 unspecified atom stereocenters. The number of phenols is 1. The fourth-order valence-corrected chi connectivity index (χ4v) is 3.09. The summed E-state index contributed by atoms with van der Waals surface area (Å²) >= 11 is 0. The number of benzene rings is 2. The summed E-state index contributed by atoms with van der Waals surface area (Å²) in [4.78, 5) is 0. The topological polar surface area (TPSA) is 20.2 Å². The van der Waals surface area contributed by atoms with Gasteiger partial charge in [-0.25, -0.2) is 0 Å². The monoisotopic (exact) mass is 296 g/mol. The predicted molar refractivity (Wildman–Crippen MR) is 95.6 cm³/mol. The number of aryl methyl sites for hydroxylation is 2. The van der Waals surface area contributed by atoms with Crippen molar-refractivity contribution in [2.45, 2.75) is 59.3 Å². The van der Waals surface area contributed by atoms with E-state index in [1.165, 1.54) is 22.3 Å². The molecule has 0 saturated carbocycles. The second-order valence-corrected chi connectivity index (χ2v) is 6.39. The molecule has 0 aliphatic heterocycles. The minimum absolute atomic E-state index is 0.384. The van der Waals surface area contributed by atoms with E-state index in [0.717, 1.165) is 31.2 Å². The van der Waals surface area contributed by atoms with Crippen LogP contribution in [0.2, 0.25) is 0 Å². The van der Waals surface area contributed by atoms with Gasteiger partial charge in [-0.1, -0.05) is 70.9 Å². The summed E-state index contributed by atoms with van der Waals surface area (Å²) in [6.45, 7) is 8.94. The highest BCUT2D eigenvalue weighted by Gasteiger charge is 2.16. The second kappa shape index (κ2) is 7.49. The van der Waals surface area contributed by atoms with Crippen molar-refractivity contribution in [2.75, 3.05) is 0 Å². The van der Waals surface area contributed by atoms with Crippen molar-refractivity contribution < 1.29 is 5.11 Å². The van der Waals surface area contributed by atoms with E-state index in [1.54, 1.807) is 6.07 Å². The van der Waals surface area contributed by atoms with Gasteiger partial charge in [0.1, 0.15) is 5.75 Å². The molecule has 22 heavy (non-hydrogen) atoms. The fourth-order valence-electron chi connectivity index (χ4n) is 3.09. The van der Waals surface area contributed by atoms with Crippen LogP contribution in [0.15, 0.2) is 36.4 Å². The molecule has 2 rings (SSSR count). The molecule has 1 heteroatoms. The van der Waals surface area contributed by atoms with Gasteiger partial charge in [-0.05, 0) is 47.1 Å². The SMILES string of the molecule is CCCc1cc(C(C)C)cc(CCC)c1-c1ccccc1O. The van der Waals surface area contributed by atoms with Crippen molar-refractivity contribution in [3.8, 4) is 16.9 Å². The van der Waals surface area contributed by atoms with Gasteiger partial charge < -0.3 is 5.11 Å². The lowest BCUT2D eigenvalue weighted by atomic mass is 9.86. The van der Waals surface area contributed by atoms with Crippen molar-refractivity contribution in [1.82, 2.24) is 0 Å². The molecule has 0 atom stereocenters. The molecule has 0 radical (unpaired) electrons. The molecule has 0 spiro atoms. The van der Waals surface area contributed by atoms with Crippen LogP contribution >= 0.6 is 0 Å². The number of para-hydroxylation sites is 1. The third-order valence-corrected chi connectivity index (χ3v) is 4.20. The van der Waals surface area contributed by atoms with Crippen LogP contribution < -0.4 is 0 Å². The zero-order valence-corrected chi connectivity index (χ0v) is 14.3. The average Bonchev–Trinajstić information content (AvgIpc) is 2.49. The third-order valence-electron chi connectivity index (χ3n) is 4.20. The Morgan fingerprint density at radius 1 is 0.909 bits per heavy atom. The Bertz CT molecular complexity index is 599. The number of rotatable bonds is 6. The molecule has 0 aliphatic carbocycles. The van der Waals surface area contributed by atoms with E-state index in [2.05, 4.69) is 39.8 Å². The van der Waals surface area contributed by atoms with E-state index >= 15 is 0 Å². The number of aromatic hydroxyl groups is 1. The maximum Gasteiger partial charge on any atom is 0.123 e. The Morgan fingerprint density at radius 2 is 1.45 bits per heavy atom. The quantitative estimate of drug-likeness (QED) is 0.684. The molecule has 0 aliphatic rings. The number of phenolic OH excluding ortho intramolecular Hbond substituents is 1. The van der Waals surface area contributed by atoms with E-state index in [0.29, 0.717) is 11.7 Å². The van der Waals surface area contributed by atoms with Crippen LogP contribution in [0.1, 0.15) is 63.1 Å². The summed E-state index contributed by atoms with van der Waals surface area (Å²) in [7, 11) is 0. The van der Waals surface area contributed by atoms with Gasteiger partial charge in [-0.3, -0.25) is 0 Å². The summed E-state index contributed by atoms with van der Waals surface area (Å²) in [6.07, 6.45) is 4.35. The van der Waals surface area contributed by atoms with Gasteiger partial charge in [0.15, 0.2) is 0 Å². The van der Waals surface area contributed by atoms with E-state index in [4.69, 9.17) is 0 Å². The van der Waals surface area contributed by atoms with Crippen LogP contribution in [-0.2, 0) is 12.8 Å². The standard InChI is InChI=1S/C21H28O/c1-5-9-16-13-18(15(3)4)14-17(10-6-2)21(16)19-11-7-8-12-20(19)22/h7-8,11-15,22H,5-6,9-10H2,1-4H3. The molecule has 0 bridgehead atoms. The normalized spacial score (nSPS) is 11.1. The maximum absolute atomic E-state index is 10.3. The summed E-state index contributed by atoms with van der Waals surface area (Å²) < 4.78 is 0. The second-order valence-electron chi connectivity index (χ2n) is 6.39. The van der Waals surface area contributed by atoms with Gasteiger partial charge in [0.2, 0.25) is 0 Å². The first-order valence-corrected chi connectivity index (χ1v) is 8.52. The highest BCUT2D eigenvalue weighted by molar-refractivity contribution is 5.76. The van der Waals surface area contributed by atoms with Crippen molar-refractivity contribution in [3.05, 3.63) is 53.1 Å². The zero-order valence-electron chi connectivity index (χ0n) is 14.3. The van der Waals surface area contributed by atoms with Crippen molar-refractivity contribution >= 4 is 0 Å². The first-order valence-electron chi connectivity index (χ1n) is 8.52. The first-order chi connectivity index (χ1) is 10.6. The van der Waals surface area contributed by atoms with Crippen molar-refractivity contribution in [1.29, 1.82) is 0 Å². The van der Waals surface area contributed by atoms with Crippen molar-refractivity contribution in [2.24, 2.45) is 0 Å². The van der Waals surface area contributed by atoms with Crippen LogP contribution in [0.4, 0.5) is 0 Å². The molecule has 2 aromatic carbocycles. The van der Waals surface area contributed by atoms with Gasteiger partial charge in [-0.15, -0.1) is 0 Å². The molecule has 0 fully saturated rings. The Hall–Kier alpha value is -1.76. The molecule has 0 amide bonds. The van der Waals surface area contributed by atoms with Crippen molar-refractivity contribution in [3.63, 3.8) is 0 Å². The summed E-state index contributed by atoms with van der Waals surface area (Å²) in [5, 5.41) is 10.3. The minimum atomic E-state index is 0.384. The van der Waals surface area contributed by atoms with E-state index < -0.39 is 0 Å². The first kappa shape index (κ1) is 16.6. The average molecular weight is 296 g/mol. The molecule has 1 nitrogen and oxygen atoms in total. The fraction of sp³-hybridized carbons (Fsp3) is 0.429.